The van der Waals surface area contributed by atoms with Crippen molar-refractivity contribution < 1.29 is 57.1 Å². The van der Waals surface area contributed by atoms with Gasteiger partial charge in [-0.05, 0) is 109 Å². The molecule has 2 atom stereocenters. The number of carbonyl (C=O) groups is 4. The van der Waals surface area contributed by atoms with Crippen LogP contribution in [0, 0.1) is 11.8 Å². The van der Waals surface area contributed by atoms with Crippen LogP contribution in [0.1, 0.15) is 292 Å². The van der Waals surface area contributed by atoms with E-state index in [1.807, 2.05) is 0 Å². The Morgan fingerprint density at radius 2 is 0.694 bits per heavy atom. The first kappa shape index (κ1) is 81.5. The highest BCUT2D eigenvalue weighted by molar-refractivity contribution is 5.70. The Morgan fingerprint density at radius 3 is 1.12 bits per heavy atom. The van der Waals surface area contributed by atoms with Crippen LogP contribution in [-0.4, -0.2) is 114 Å². The molecule has 0 aliphatic rings. The third kappa shape index (κ3) is 60.5. The molecular weight excluding hydrogens is 1070 g/mol. The zero-order valence-corrected chi connectivity index (χ0v) is 55.8. The molecule has 0 saturated heterocycles. The van der Waals surface area contributed by atoms with Crippen molar-refractivity contribution >= 4 is 24.1 Å². The van der Waals surface area contributed by atoms with Crippen LogP contribution in [0.2, 0.25) is 0 Å². The lowest BCUT2D eigenvalue weighted by molar-refractivity contribution is -0.161. The van der Waals surface area contributed by atoms with Gasteiger partial charge in [-0.15, -0.1) is 0 Å². The van der Waals surface area contributed by atoms with Gasteiger partial charge in [-0.1, -0.05) is 219 Å². The van der Waals surface area contributed by atoms with Crippen molar-refractivity contribution in [3.63, 3.8) is 0 Å². The minimum atomic E-state index is -0.787. The second kappa shape index (κ2) is 66.4. The number of nitrogens with zero attached hydrogens (tertiary/aromatic N) is 1. The van der Waals surface area contributed by atoms with E-state index in [1.165, 1.54) is 103 Å². The van der Waals surface area contributed by atoms with Gasteiger partial charge in [0.25, 0.3) is 0 Å². The molecule has 0 saturated carbocycles. The Balaban J connectivity index is 5.62. The topological polar surface area (TPSA) is 145 Å². The fraction of sp³-hybridized carbons (Fsp3) is 0.833. The largest absolute Gasteiger partial charge is 0.508 e. The molecule has 0 aliphatic heterocycles. The maximum absolute atomic E-state index is 13.4. The summed E-state index contributed by atoms with van der Waals surface area (Å²) in [5.41, 5.74) is 0. The maximum Gasteiger partial charge on any atom is 0.508 e. The molecule has 0 rings (SSSR count). The molecule has 0 fully saturated rings. The van der Waals surface area contributed by atoms with E-state index in [1.54, 1.807) is 0 Å². The predicted octanol–water partition coefficient (Wildman–Crippen LogP) is 19.2. The SMILES string of the molecule is CCCCC/C=C\C/C=C\CCCCCCCC(=O)OCC(COCC(COC(=O)CCCCCCC/C=C\C/C=C\CCCCC)COC(=O)OCCCN(CC)CC)COC(=O)CCC(OCCCCCCCC)OCCCCCCCC. The van der Waals surface area contributed by atoms with Crippen LogP contribution in [0.25, 0.3) is 0 Å². The van der Waals surface area contributed by atoms with E-state index in [4.69, 9.17) is 37.9 Å². The first-order valence-corrected chi connectivity index (χ1v) is 35.1. The van der Waals surface area contributed by atoms with Gasteiger partial charge >= 0.3 is 24.1 Å². The first-order valence-electron chi connectivity index (χ1n) is 35.1. The molecular formula is C72H131NO12. The van der Waals surface area contributed by atoms with Crippen molar-refractivity contribution in [1.29, 1.82) is 0 Å². The lowest BCUT2D eigenvalue weighted by Gasteiger charge is -2.21. The summed E-state index contributed by atoms with van der Waals surface area (Å²) in [6.45, 7) is 17.2. The van der Waals surface area contributed by atoms with E-state index in [2.05, 4.69) is 95.1 Å². The number of allylic oxidation sites excluding steroid dienone is 8. The monoisotopic (exact) mass is 1200 g/mol. The number of carbonyl (C=O) groups excluding carboxylic acids is 4. The normalized spacial score (nSPS) is 12.7. The van der Waals surface area contributed by atoms with Crippen LogP contribution in [-0.2, 0) is 52.3 Å². The number of unbranched alkanes of at least 4 members (excludes halogenated alkanes) is 26. The summed E-state index contributed by atoms with van der Waals surface area (Å²) in [7, 11) is 0. The van der Waals surface area contributed by atoms with Crippen LogP contribution in [0.5, 0.6) is 0 Å². The molecule has 13 heteroatoms. The Hall–Kier alpha value is -3.52. The summed E-state index contributed by atoms with van der Waals surface area (Å²) in [5, 5.41) is 0. The fourth-order valence-electron chi connectivity index (χ4n) is 9.56. The van der Waals surface area contributed by atoms with Crippen molar-refractivity contribution in [3.8, 4) is 0 Å². The van der Waals surface area contributed by atoms with Crippen LogP contribution in [0.15, 0.2) is 48.6 Å². The highest BCUT2D eigenvalue weighted by atomic mass is 16.7. The molecule has 2 unspecified atom stereocenters. The van der Waals surface area contributed by atoms with Gasteiger partial charge in [-0.2, -0.15) is 0 Å². The van der Waals surface area contributed by atoms with Gasteiger partial charge in [-0.25, -0.2) is 4.79 Å². The standard InChI is InChI=1S/C72H131NO12/c1-7-13-17-21-25-27-29-31-33-35-37-39-41-43-47-52-68(74)82-62-66(63-84-70(76)54-55-71(79-57-49-45-23-19-15-9-3)80-58-50-46-24-20-16-10-4)60-78-61-67(65-85-72(77)81-59-51-56-73(11-5)12-6)64-83-69(75)53-48-44-42-40-38-36-34-32-30-28-26-22-18-14-8-2/h25-28,31-34,66-67,71H,7-24,29-30,35-65H2,1-6H3/b27-25-,28-26-,33-31-,34-32-. The van der Waals surface area contributed by atoms with Crippen LogP contribution < -0.4 is 0 Å². The smallest absolute Gasteiger partial charge is 0.465 e. The van der Waals surface area contributed by atoms with Gasteiger partial charge in [0.15, 0.2) is 6.29 Å². The van der Waals surface area contributed by atoms with E-state index in [0.717, 1.165) is 135 Å². The second-order valence-corrected chi connectivity index (χ2v) is 23.3. The number of ether oxygens (including phenoxy) is 8. The molecule has 0 spiro atoms. The molecule has 85 heavy (non-hydrogen) atoms. The molecule has 0 heterocycles. The predicted molar refractivity (Wildman–Crippen MR) is 351 cm³/mol. The lowest BCUT2D eigenvalue weighted by Crippen LogP contribution is -2.29. The Kier molecular flexibility index (Phi) is 63.7. The minimum absolute atomic E-state index is 0.00125. The van der Waals surface area contributed by atoms with Crippen molar-refractivity contribution in [1.82, 2.24) is 4.90 Å². The summed E-state index contributed by atoms with van der Waals surface area (Å²) >= 11 is 0. The highest BCUT2D eigenvalue weighted by Crippen LogP contribution is 2.16. The van der Waals surface area contributed by atoms with Gasteiger partial charge < -0.3 is 42.8 Å². The number of rotatable bonds is 65. The van der Waals surface area contributed by atoms with Crippen molar-refractivity contribution in [2.24, 2.45) is 11.8 Å². The maximum atomic E-state index is 13.4. The van der Waals surface area contributed by atoms with Crippen molar-refractivity contribution in [3.05, 3.63) is 48.6 Å². The summed E-state index contributed by atoms with van der Waals surface area (Å²) in [5.74, 6) is -1.97. The molecule has 0 amide bonds. The first-order chi connectivity index (χ1) is 41.7. The summed E-state index contributed by atoms with van der Waals surface area (Å²) < 4.78 is 46.9. The van der Waals surface area contributed by atoms with E-state index in [9.17, 15) is 19.2 Å². The zero-order chi connectivity index (χ0) is 62.0. The third-order valence-electron chi connectivity index (χ3n) is 15.2. The van der Waals surface area contributed by atoms with Gasteiger partial charge in [0.05, 0.1) is 57.9 Å². The van der Waals surface area contributed by atoms with Crippen LogP contribution >= 0.6 is 0 Å². The quantitative estimate of drug-likeness (QED) is 0.0187. The van der Waals surface area contributed by atoms with Gasteiger partial charge in [0, 0.05) is 39.0 Å². The third-order valence-corrected chi connectivity index (χ3v) is 15.2. The van der Waals surface area contributed by atoms with E-state index in [-0.39, 0.29) is 64.6 Å². The molecule has 0 aromatic carbocycles. The van der Waals surface area contributed by atoms with Crippen LogP contribution in [0.4, 0.5) is 4.79 Å². The van der Waals surface area contributed by atoms with Gasteiger partial charge in [0.2, 0.25) is 0 Å². The average Bonchev–Trinajstić information content (AvgIpc) is 3.50. The number of hydrogen-bond donors (Lipinski definition) is 0. The average molecular weight is 1200 g/mol. The molecule has 0 aliphatic carbocycles. The highest BCUT2D eigenvalue weighted by Gasteiger charge is 2.21. The Morgan fingerprint density at radius 1 is 0.341 bits per heavy atom. The Labute approximate surface area is 521 Å². The molecule has 496 valence electrons. The van der Waals surface area contributed by atoms with Crippen LogP contribution in [0.3, 0.4) is 0 Å². The van der Waals surface area contributed by atoms with Crippen molar-refractivity contribution in [2.75, 3.05) is 79.1 Å². The molecule has 0 aromatic rings. The molecule has 13 nitrogen and oxygen atoms in total. The zero-order valence-electron chi connectivity index (χ0n) is 55.8. The van der Waals surface area contributed by atoms with E-state index in [0.29, 0.717) is 38.9 Å². The summed E-state index contributed by atoms with van der Waals surface area (Å²) in [6.07, 6.45) is 56.6. The lowest BCUT2D eigenvalue weighted by atomic mass is 10.1. The van der Waals surface area contributed by atoms with E-state index < -0.39 is 30.3 Å². The van der Waals surface area contributed by atoms with Gasteiger partial charge in [-0.3, -0.25) is 14.4 Å². The molecule has 0 aromatic heterocycles. The summed E-state index contributed by atoms with van der Waals surface area (Å²) in [4.78, 5) is 54.4. The number of esters is 3. The van der Waals surface area contributed by atoms with Crippen molar-refractivity contribution in [2.45, 2.75) is 298 Å². The van der Waals surface area contributed by atoms with E-state index >= 15 is 0 Å². The summed E-state index contributed by atoms with van der Waals surface area (Å²) in [6, 6.07) is 0. The molecule has 0 bridgehead atoms. The minimum Gasteiger partial charge on any atom is -0.465 e. The van der Waals surface area contributed by atoms with Gasteiger partial charge in [0.1, 0.15) is 6.61 Å². The fourth-order valence-corrected chi connectivity index (χ4v) is 9.56. The second-order valence-electron chi connectivity index (χ2n) is 23.3. The molecule has 0 radical (unpaired) electrons. The number of hydrogen-bond acceptors (Lipinski definition) is 13. The Bertz CT molecular complexity index is 1580. The molecule has 0 N–H and O–H groups in total.